The SMILES string of the molecule is C[C@H]1CN(C(=O)COC(=O)[C@@]23CCC(=O)N2c2ccccc2C(=O)N3C)C[C@H](C)O1. The number of para-hydroxylation sites is 1. The fraction of sp³-hybridized carbons (Fsp3) is 0.524. The largest absolute Gasteiger partial charge is 0.452 e. The molecule has 2 saturated heterocycles. The average molecular weight is 415 g/mol. The van der Waals surface area contributed by atoms with Crippen LogP contribution in [0.4, 0.5) is 5.69 Å². The minimum atomic E-state index is -1.58. The zero-order valence-corrected chi connectivity index (χ0v) is 17.3. The lowest BCUT2D eigenvalue weighted by Crippen LogP contribution is -2.67. The van der Waals surface area contributed by atoms with E-state index in [2.05, 4.69) is 0 Å². The Hall–Kier alpha value is -2.94. The first-order chi connectivity index (χ1) is 14.3. The number of hydrogen-bond donors (Lipinski definition) is 0. The average Bonchev–Trinajstić information content (AvgIpc) is 3.08. The van der Waals surface area contributed by atoms with E-state index in [1.165, 1.54) is 16.8 Å². The fourth-order valence-electron chi connectivity index (χ4n) is 4.61. The molecule has 0 bridgehead atoms. The number of benzene rings is 1. The number of esters is 1. The Balaban J connectivity index is 1.56. The van der Waals surface area contributed by atoms with Crippen molar-refractivity contribution in [2.24, 2.45) is 0 Å². The van der Waals surface area contributed by atoms with Gasteiger partial charge in [-0.3, -0.25) is 19.3 Å². The summed E-state index contributed by atoms with van der Waals surface area (Å²) >= 11 is 0. The van der Waals surface area contributed by atoms with Gasteiger partial charge in [-0.2, -0.15) is 0 Å². The summed E-state index contributed by atoms with van der Waals surface area (Å²) in [5.41, 5.74) is -0.831. The van der Waals surface area contributed by atoms with Gasteiger partial charge in [-0.25, -0.2) is 4.79 Å². The van der Waals surface area contributed by atoms with Gasteiger partial charge < -0.3 is 19.3 Å². The van der Waals surface area contributed by atoms with Crippen LogP contribution in [0.1, 0.15) is 37.0 Å². The summed E-state index contributed by atoms with van der Waals surface area (Å²) < 4.78 is 11.0. The van der Waals surface area contributed by atoms with Crippen molar-refractivity contribution in [2.75, 3.05) is 31.6 Å². The Morgan fingerprint density at radius 1 is 1.17 bits per heavy atom. The van der Waals surface area contributed by atoms with Crippen molar-refractivity contribution in [1.82, 2.24) is 9.80 Å². The highest BCUT2D eigenvalue weighted by atomic mass is 16.5. The Labute approximate surface area is 174 Å². The van der Waals surface area contributed by atoms with Gasteiger partial charge in [0.2, 0.25) is 11.6 Å². The Kier molecular flexibility index (Phi) is 5.01. The van der Waals surface area contributed by atoms with Crippen LogP contribution >= 0.6 is 0 Å². The van der Waals surface area contributed by atoms with E-state index in [-0.39, 0.29) is 42.8 Å². The first-order valence-corrected chi connectivity index (χ1v) is 10.1. The fourth-order valence-corrected chi connectivity index (χ4v) is 4.61. The van der Waals surface area contributed by atoms with Gasteiger partial charge >= 0.3 is 5.97 Å². The van der Waals surface area contributed by atoms with Gasteiger partial charge in [-0.1, -0.05) is 12.1 Å². The third-order valence-corrected chi connectivity index (χ3v) is 5.97. The third-order valence-electron chi connectivity index (χ3n) is 5.97. The number of amides is 3. The van der Waals surface area contributed by atoms with Crippen LogP contribution in [0.25, 0.3) is 0 Å². The van der Waals surface area contributed by atoms with E-state index in [1.54, 1.807) is 29.2 Å². The lowest BCUT2D eigenvalue weighted by Gasteiger charge is -2.46. The van der Waals surface area contributed by atoms with Crippen LogP contribution in [-0.4, -0.2) is 78.1 Å². The molecule has 3 heterocycles. The Bertz CT molecular complexity index is 908. The highest BCUT2D eigenvalue weighted by molar-refractivity contribution is 6.15. The molecule has 160 valence electrons. The third kappa shape index (κ3) is 3.04. The molecule has 3 atom stereocenters. The van der Waals surface area contributed by atoms with Gasteiger partial charge in [-0.15, -0.1) is 0 Å². The highest BCUT2D eigenvalue weighted by Crippen LogP contribution is 2.44. The van der Waals surface area contributed by atoms with Gasteiger partial charge in [0.05, 0.1) is 23.5 Å². The second kappa shape index (κ2) is 7.39. The molecule has 0 aliphatic carbocycles. The molecule has 2 fully saturated rings. The molecule has 0 spiro atoms. The van der Waals surface area contributed by atoms with E-state index in [0.29, 0.717) is 24.3 Å². The van der Waals surface area contributed by atoms with Crippen LogP contribution in [0.3, 0.4) is 0 Å². The normalized spacial score (nSPS) is 28.3. The summed E-state index contributed by atoms with van der Waals surface area (Å²) in [6.07, 6.45) is 0.0104. The molecule has 0 saturated carbocycles. The van der Waals surface area contributed by atoms with Crippen molar-refractivity contribution < 1.29 is 28.7 Å². The van der Waals surface area contributed by atoms with Crippen LogP contribution in [0, 0.1) is 0 Å². The van der Waals surface area contributed by atoms with E-state index < -0.39 is 18.2 Å². The van der Waals surface area contributed by atoms with E-state index in [9.17, 15) is 19.2 Å². The van der Waals surface area contributed by atoms with Gasteiger partial charge in [-0.05, 0) is 26.0 Å². The van der Waals surface area contributed by atoms with Crippen molar-refractivity contribution >= 4 is 29.4 Å². The number of carbonyl (C=O) groups is 4. The predicted molar refractivity (Wildman–Crippen MR) is 106 cm³/mol. The van der Waals surface area contributed by atoms with E-state index in [1.807, 2.05) is 13.8 Å². The zero-order valence-electron chi connectivity index (χ0n) is 17.3. The topological polar surface area (TPSA) is 96.5 Å². The molecule has 9 heteroatoms. The maximum Gasteiger partial charge on any atom is 0.354 e. The molecule has 0 N–H and O–H groups in total. The van der Waals surface area contributed by atoms with Gasteiger partial charge in [0.1, 0.15) is 0 Å². The molecule has 30 heavy (non-hydrogen) atoms. The number of ether oxygens (including phenoxy) is 2. The molecular weight excluding hydrogens is 390 g/mol. The molecule has 4 rings (SSSR count). The van der Waals surface area contributed by atoms with Crippen molar-refractivity contribution in [1.29, 1.82) is 0 Å². The number of anilines is 1. The molecule has 3 amide bonds. The van der Waals surface area contributed by atoms with E-state index >= 15 is 0 Å². The quantitative estimate of drug-likeness (QED) is 0.677. The minimum Gasteiger partial charge on any atom is -0.452 e. The van der Waals surface area contributed by atoms with Gasteiger partial charge in [0, 0.05) is 33.0 Å². The van der Waals surface area contributed by atoms with Crippen molar-refractivity contribution in [3.05, 3.63) is 29.8 Å². The molecule has 9 nitrogen and oxygen atoms in total. The van der Waals surface area contributed by atoms with Crippen LogP contribution in [0.2, 0.25) is 0 Å². The smallest absolute Gasteiger partial charge is 0.354 e. The second-order valence-corrected chi connectivity index (χ2v) is 8.06. The monoisotopic (exact) mass is 415 g/mol. The lowest BCUT2D eigenvalue weighted by atomic mass is 9.97. The molecule has 0 aromatic heterocycles. The summed E-state index contributed by atoms with van der Waals surface area (Å²) in [6, 6.07) is 6.69. The molecular formula is C21H25N3O6. The highest BCUT2D eigenvalue weighted by Gasteiger charge is 2.60. The molecule has 0 radical (unpaired) electrons. The molecule has 3 aliphatic heterocycles. The Morgan fingerprint density at radius 2 is 1.83 bits per heavy atom. The van der Waals surface area contributed by atoms with Crippen LogP contribution in [-0.2, 0) is 23.9 Å². The maximum absolute atomic E-state index is 13.2. The van der Waals surface area contributed by atoms with E-state index in [4.69, 9.17) is 9.47 Å². The van der Waals surface area contributed by atoms with Crippen LogP contribution < -0.4 is 4.90 Å². The number of carbonyl (C=O) groups excluding carboxylic acids is 4. The van der Waals surface area contributed by atoms with Gasteiger partial charge in [0.25, 0.3) is 11.8 Å². The number of fused-ring (bicyclic) bond motifs is 3. The van der Waals surface area contributed by atoms with Crippen molar-refractivity contribution in [3.63, 3.8) is 0 Å². The van der Waals surface area contributed by atoms with Gasteiger partial charge in [0.15, 0.2) is 6.61 Å². The maximum atomic E-state index is 13.2. The second-order valence-electron chi connectivity index (χ2n) is 8.06. The minimum absolute atomic E-state index is 0.103. The molecule has 1 aromatic carbocycles. The number of nitrogens with zero attached hydrogens (tertiary/aromatic N) is 3. The Morgan fingerprint density at radius 3 is 2.53 bits per heavy atom. The summed E-state index contributed by atoms with van der Waals surface area (Å²) in [5.74, 6) is -1.74. The zero-order chi connectivity index (χ0) is 21.6. The number of hydrogen-bond acceptors (Lipinski definition) is 6. The van der Waals surface area contributed by atoms with E-state index in [0.717, 1.165) is 0 Å². The molecule has 3 aliphatic rings. The summed E-state index contributed by atoms with van der Waals surface area (Å²) in [4.78, 5) is 55.6. The summed E-state index contributed by atoms with van der Waals surface area (Å²) in [6.45, 7) is 4.14. The van der Waals surface area contributed by atoms with Crippen LogP contribution in [0.5, 0.6) is 0 Å². The number of rotatable bonds is 3. The number of likely N-dealkylation sites (N-methyl/N-ethyl adjacent to an activating group) is 1. The first-order valence-electron chi connectivity index (χ1n) is 10.1. The molecule has 0 unspecified atom stereocenters. The lowest BCUT2D eigenvalue weighted by molar-refractivity contribution is -0.164. The van der Waals surface area contributed by atoms with Crippen LogP contribution in [0.15, 0.2) is 24.3 Å². The van der Waals surface area contributed by atoms with Crippen molar-refractivity contribution in [2.45, 2.75) is 44.6 Å². The summed E-state index contributed by atoms with van der Waals surface area (Å²) in [5, 5.41) is 0. The standard InChI is InChI=1S/C21H25N3O6/c1-13-10-23(11-14(2)30-13)18(26)12-29-20(28)21-9-8-17(25)24(21)16-7-5-4-6-15(16)19(27)22(21)3/h4-7,13-14H,8-12H2,1-3H3/t13-,14-,21+/m0/s1. The molecule has 1 aromatic rings. The number of morpholine rings is 1. The summed E-state index contributed by atoms with van der Waals surface area (Å²) in [7, 11) is 1.48. The van der Waals surface area contributed by atoms with Crippen molar-refractivity contribution in [3.8, 4) is 0 Å². The predicted octanol–water partition coefficient (Wildman–Crippen LogP) is 0.774. The first kappa shape index (κ1) is 20.3.